The summed E-state index contributed by atoms with van der Waals surface area (Å²) in [6.45, 7) is 1.39. The van der Waals surface area contributed by atoms with Crippen molar-refractivity contribution in [2.75, 3.05) is 6.54 Å². The predicted octanol–water partition coefficient (Wildman–Crippen LogP) is 4.64. The molecule has 0 spiro atoms. The van der Waals surface area contributed by atoms with Gasteiger partial charge in [-0.1, -0.05) is 78.9 Å². The lowest BCUT2D eigenvalue weighted by Gasteiger charge is -2.34. The molecule has 5 nitrogen and oxygen atoms in total. The Kier molecular flexibility index (Phi) is 7.18. The molecular weight excluding hydrogens is 400 g/mol. The second-order valence-electron chi connectivity index (χ2n) is 7.96. The minimum atomic E-state index is -0.624. The highest BCUT2D eigenvalue weighted by Crippen LogP contribution is 2.26. The average Bonchev–Trinajstić information content (AvgIpc) is 2.84. The molecule has 4 rings (SSSR count). The Balaban J connectivity index is 1.47. The van der Waals surface area contributed by atoms with E-state index < -0.39 is 6.04 Å². The van der Waals surface area contributed by atoms with Gasteiger partial charge in [0.15, 0.2) is 0 Å². The number of nitrogens with one attached hydrogen (secondary N) is 1. The summed E-state index contributed by atoms with van der Waals surface area (Å²) in [7, 11) is 0. The van der Waals surface area contributed by atoms with Crippen LogP contribution in [0.5, 0.6) is 5.75 Å². The van der Waals surface area contributed by atoms with Crippen LogP contribution in [-0.2, 0) is 22.7 Å². The Morgan fingerprint density at radius 2 is 1.59 bits per heavy atom. The number of carbonyl (C=O) groups is 2. The van der Waals surface area contributed by atoms with E-state index in [0.29, 0.717) is 26.1 Å². The van der Waals surface area contributed by atoms with Gasteiger partial charge in [0.05, 0.1) is 0 Å². The number of rotatable bonds is 8. The first-order chi connectivity index (χ1) is 15.7. The first-order valence-electron chi connectivity index (χ1n) is 11.1. The molecule has 0 saturated carbocycles. The number of ether oxygens (including phenoxy) is 1. The van der Waals surface area contributed by atoms with E-state index in [1.165, 1.54) is 0 Å². The highest BCUT2D eigenvalue weighted by Gasteiger charge is 2.32. The molecule has 1 atom stereocenters. The van der Waals surface area contributed by atoms with Crippen LogP contribution in [0.15, 0.2) is 84.9 Å². The molecule has 1 aliphatic heterocycles. The average molecular weight is 429 g/mol. The summed E-state index contributed by atoms with van der Waals surface area (Å²) >= 11 is 0. The molecule has 1 unspecified atom stereocenters. The Hall–Kier alpha value is -3.60. The molecule has 0 bridgehead atoms. The molecule has 164 valence electrons. The standard InChI is InChI=1S/C27H28N2O3/c30-25-17-9-10-18-29(25)26(22-13-5-2-6-14-22)27(31)28-19-23-15-7-8-16-24(23)32-20-21-11-3-1-4-12-21/h1-8,11-16,26H,9-10,17-20H2,(H,28,31). The highest BCUT2D eigenvalue weighted by molar-refractivity contribution is 5.89. The van der Waals surface area contributed by atoms with Gasteiger partial charge in [-0.05, 0) is 30.0 Å². The van der Waals surface area contributed by atoms with Crippen molar-refractivity contribution in [1.29, 1.82) is 0 Å². The molecule has 3 aromatic carbocycles. The minimum Gasteiger partial charge on any atom is -0.489 e. The Morgan fingerprint density at radius 1 is 0.906 bits per heavy atom. The lowest BCUT2D eigenvalue weighted by atomic mass is 10.0. The summed E-state index contributed by atoms with van der Waals surface area (Å²) in [6.07, 6.45) is 2.29. The summed E-state index contributed by atoms with van der Waals surface area (Å²) in [5.41, 5.74) is 2.81. The maximum absolute atomic E-state index is 13.3. The van der Waals surface area contributed by atoms with Gasteiger partial charge in [-0.2, -0.15) is 0 Å². The van der Waals surface area contributed by atoms with Gasteiger partial charge >= 0.3 is 0 Å². The maximum Gasteiger partial charge on any atom is 0.247 e. The zero-order chi connectivity index (χ0) is 22.2. The van der Waals surface area contributed by atoms with E-state index in [0.717, 1.165) is 35.3 Å². The summed E-state index contributed by atoms with van der Waals surface area (Å²) in [6, 6.07) is 26.6. The molecule has 0 radical (unpaired) electrons. The van der Waals surface area contributed by atoms with E-state index in [1.807, 2.05) is 84.9 Å². The third-order valence-corrected chi connectivity index (χ3v) is 5.70. The fourth-order valence-electron chi connectivity index (χ4n) is 4.01. The molecule has 2 amide bonds. The van der Waals surface area contributed by atoms with Crippen LogP contribution in [0.25, 0.3) is 0 Å². The molecular formula is C27H28N2O3. The Morgan fingerprint density at radius 3 is 2.34 bits per heavy atom. The molecule has 32 heavy (non-hydrogen) atoms. The van der Waals surface area contributed by atoms with Crippen LogP contribution in [0.1, 0.15) is 42.0 Å². The van der Waals surface area contributed by atoms with Crippen molar-refractivity contribution in [3.05, 3.63) is 102 Å². The van der Waals surface area contributed by atoms with Crippen molar-refractivity contribution in [3.63, 3.8) is 0 Å². The summed E-state index contributed by atoms with van der Waals surface area (Å²) < 4.78 is 6.02. The number of piperidine rings is 1. The number of nitrogens with zero attached hydrogens (tertiary/aromatic N) is 1. The minimum absolute atomic E-state index is 0.0341. The van der Waals surface area contributed by atoms with Gasteiger partial charge < -0.3 is 15.0 Å². The van der Waals surface area contributed by atoms with Gasteiger partial charge in [0.25, 0.3) is 0 Å². The van der Waals surface area contributed by atoms with Crippen molar-refractivity contribution in [1.82, 2.24) is 10.2 Å². The number of para-hydroxylation sites is 1. The molecule has 1 saturated heterocycles. The molecule has 1 heterocycles. The summed E-state index contributed by atoms with van der Waals surface area (Å²) in [5, 5.41) is 3.04. The quantitative estimate of drug-likeness (QED) is 0.569. The second-order valence-corrected chi connectivity index (χ2v) is 7.96. The largest absolute Gasteiger partial charge is 0.489 e. The van der Waals surface area contributed by atoms with Crippen LogP contribution in [0, 0.1) is 0 Å². The van der Waals surface area contributed by atoms with Gasteiger partial charge in [-0.15, -0.1) is 0 Å². The Labute approximate surface area is 189 Å². The van der Waals surface area contributed by atoms with Gasteiger partial charge in [0, 0.05) is 25.1 Å². The number of hydrogen-bond acceptors (Lipinski definition) is 3. The Bertz CT molecular complexity index is 1040. The topological polar surface area (TPSA) is 58.6 Å². The van der Waals surface area contributed by atoms with Gasteiger partial charge in [0.1, 0.15) is 18.4 Å². The molecule has 1 aliphatic rings. The first-order valence-corrected chi connectivity index (χ1v) is 11.1. The smallest absolute Gasteiger partial charge is 0.247 e. The summed E-state index contributed by atoms with van der Waals surface area (Å²) in [4.78, 5) is 27.6. The molecule has 1 fully saturated rings. The second kappa shape index (κ2) is 10.6. The van der Waals surface area contributed by atoms with E-state index in [-0.39, 0.29) is 11.8 Å². The van der Waals surface area contributed by atoms with Crippen molar-refractivity contribution in [2.45, 2.75) is 38.5 Å². The van der Waals surface area contributed by atoms with Gasteiger partial charge in [0.2, 0.25) is 11.8 Å². The number of benzene rings is 3. The van der Waals surface area contributed by atoms with E-state index in [2.05, 4.69) is 5.32 Å². The SMILES string of the molecule is O=C(NCc1ccccc1OCc1ccccc1)C(c1ccccc1)N1CCCCC1=O. The zero-order valence-electron chi connectivity index (χ0n) is 18.1. The van der Waals surface area contributed by atoms with E-state index in [4.69, 9.17) is 4.74 Å². The van der Waals surface area contributed by atoms with Crippen molar-refractivity contribution in [3.8, 4) is 5.75 Å². The van der Waals surface area contributed by atoms with Crippen LogP contribution in [0.3, 0.4) is 0 Å². The highest BCUT2D eigenvalue weighted by atomic mass is 16.5. The van der Waals surface area contributed by atoms with Gasteiger partial charge in [-0.25, -0.2) is 0 Å². The van der Waals surface area contributed by atoms with Crippen LogP contribution in [0.2, 0.25) is 0 Å². The summed E-state index contributed by atoms with van der Waals surface area (Å²) in [5.74, 6) is 0.595. The van der Waals surface area contributed by atoms with Crippen molar-refractivity contribution >= 4 is 11.8 Å². The third kappa shape index (κ3) is 5.35. The lowest BCUT2D eigenvalue weighted by Crippen LogP contribution is -2.45. The zero-order valence-corrected chi connectivity index (χ0v) is 18.1. The predicted molar refractivity (Wildman–Crippen MR) is 124 cm³/mol. The van der Waals surface area contributed by atoms with E-state index in [9.17, 15) is 9.59 Å². The van der Waals surface area contributed by atoms with Crippen LogP contribution < -0.4 is 10.1 Å². The van der Waals surface area contributed by atoms with E-state index >= 15 is 0 Å². The monoisotopic (exact) mass is 428 g/mol. The molecule has 1 N–H and O–H groups in total. The number of likely N-dealkylation sites (tertiary alicyclic amines) is 1. The third-order valence-electron chi connectivity index (χ3n) is 5.70. The van der Waals surface area contributed by atoms with E-state index in [1.54, 1.807) is 4.90 Å². The van der Waals surface area contributed by atoms with Gasteiger partial charge in [-0.3, -0.25) is 9.59 Å². The van der Waals surface area contributed by atoms with Crippen LogP contribution >= 0.6 is 0 Å². The van der Waals surface area contributed by atoms with Crippen LogP contribution in [0.4, 0.5) is 0 Å². The molecule has 0 aliphatic carbocycles. The molecule has 3 aromatic rings. The molecule has 0 aromatic heterocycles. The lowest BCUT2D eigenvalue weighted by molar-refractivity contribution is -0.142. The number of carbonyl (C=O) groups excluding carboxylic acids is 2. The normalized spacial score (nSPS) is 14.6. The number of hydrogen-bond donors (Lipinski definition) is 1. The first kappa shape index (κ1) is 21.6. The molecule has 5 heteroatoms. The fraction of sp³-hybridized carbons (Fsp3) is 0.259. The number of amides is 2. The van der Waals surface area contributed by atoms with Crippen LogP contribution in [-0.4, -0.2) is 23.3 Å². The fourth-order valence-corrected chi connectivity index (χ4v) is 4.01. The van der Waals surface area contributed by atoms with Crippen molar-refractivity contribution < 1.29 is 14.3 Å². The maximum atomic E-state index is 13.3. The van der Waals surface area contributed by atoms with Crippen molar-refractivity contribution in [2.24, 2.45) is 0 Å².